The van der Waals surface area contributed by atoms with Gasteiger partial charge in [-0.05, 0) is 61.2 Å². The van der Waals surface area contributed by atoms with Gasteiger partial charge >= 0.3 is 0 Å². The number of amides is 2. The molecule has 9 heteroatoms. The Bertz CT molecular complexity index is 1140. The lowest BCUT2D eigenvalue weighted by Gasteiger charge is -2.18. The third-order valence-corrected chi connectivity index (χ3v) is 6.34. The van der Waals surface area contributed by atoms with Gasteiger partial charge in [-0.2, -0.15) is 0 Å². The van der Waals surface area contributed by atoms with Crippen molar-refractivity contribution >= 4 is 21.8 Å². The molecule has 174 valence electrons. The molecule has 1 heterocycles. The van der Waals surface area contributed by atoms with Crippen molar-refractivity contribution in [2.24, 2.45) is 0 Å². The zero-order valence-corrected chi connectivity index (χ0v) is 18.9. The molecule has 0 unspecified atom stereocenters. The van der Waals surface area contributed by atoms with E-state index in [1.54, 1.807) is 0 Å². The van der Waals surface area contributed by atoms with Gasteiger partial charge in [-0.1, -0.05) is 6.07 Å². The van der Waals surface area contributed by atoms with E-state index in [4.69, 9.17) is 15.9 Å². The summed E-state index contributed by atoms with van der Waals surface area (Å²) in [5.74, 6) is 2.96. The van der Waals surface area contributed by atoms with Crippen LogP contribution in [0.25, 0.3) is 0 Å². The largest absolute Gasteiger partial charge is 0.486 e. The molecule has 0 radical (unpaired) electrons. The topological polar surface area (TPSA) is 111 Å². The molecule has 2 aromatic carbocycles. The van der Waals surface area contributed by atoms with Crippen LogP contribution >= 0.6 is 0 Å². The zero-order valence-electron chi connectivity index (χ0n) is 18.1. The van der Waals surface area contributed by atoms with Gasteiger partial charge in [0.15, 0.2) is 11.5 Å². The first-order valence-corrected chi connectivity index (χ1v) is 12.1. The Morgan fingerprint density at radius 3 is 2.45 bits per heavy atom. The molecule has 0 saturated carbocycles. The number of ether oxygens (including phenoxy) is 2. The fraction of sp³-hybridized carbons (Fsp3) is 0.333. The van der Waals surface area contributed by atoms with Crippen molar-refractivity contribution in [2.45, 2.75) is 37.0 Å². The van der Waals surface area contributed by atoms with Gasteiger partial charge in [0, 0.05) is 24.9 Å². The van der Waals surface area contributed by atoms with Gasteiger partial charge in [0.1, 0.15) is 13.2 Å². The summed E-state index contributed by atoms with van der Waals surface area (Å²) in [6.45, 7) is 1.44. The number of carbonyl (C=O) groups is 2. The molecule has 0 saturated heterocycles. The van der Waals surface area contributed by atoms with Gasteiger partial charge < -0.3 is 14.8 Å². The number of carbonyl (C=O) groups excluding carboxylic acids is 2. The minimum Gasteiger partial charge on any atom is -0.486 e. The van der Waals surface area contributed by atoms with Gasteiger partial charge in [0.2, 0.25) is 5.91 Å². The Balaban J connectivity index is 1.49. The summed E-state index contributed by atoms with van der Waals surface area (Å²) >= 11 is 0. The highest BCUT2D eigenvalue weighted by molar-refractivity contribution is 7.90. The summed E-state index contributed by atoms with van der Waals surface area (Å²) in [6, 6.07) is 11.1. The highest BCUT2D eigenvalue weighted by Crippen LogP contribution is 2.30. The standard InChI is InChI=1S/C24H26N2O6S/c1-2-3-4-5-6-23(27)26-33(29,30)20-10-8-19(9-11-20)24(28)25-14-13-18-7-12-21-22(17-18)32-16-15-31-21/h1,7-12,17H,3-6,13-16H2,(H,25,28)(H,26,27). The maximum Gasteiger partial charge on any atom is 0.264 e. The van der Waals surface area contributed by atoms with Gasteiger partial charge in [-0.15, -0.1) is 12.3 Å². The van der Waals surface area contributed by atoms with Crippen LogP contribution in [0.2, 0.25) is 0 Å². The van der Waals surface area contributed by atoms with E-state index in [1.165, 1.54) is 24.3 Å². The molecule has 33 heavy (non-hydrogen) atoms. The lowest BCUT2D eigenvalue weighted by Crippen LogP contribution is -2.30. The van der Waals surface area contributed by atoms with Gasteiger partial charge in [-0.3, -0.25) is 9.59 Å². The second kappa shape index (κ2) is 11.4. The Labute approximate surface area is 193 Å². The number of hydrogen-bond donors (Lipinski definition) is 2. The Morgan fingerprint density at radius 2 is 1.73 bits per heavy atom. The van der Waals surface area contributed by atoms with E-state index in [9.17, 15) is 18.0 Å². The number of sulfonamides is 1. The number of unbranched alkanes of at least 4 members (excludes halogenated alkanes) is 2. The monoisotopic (exact) mass is 470 g/mol. The molecule has 1 aliphatic rings. The summed E-state index contributed by atoms with van der Waals surface area (Å²) in [6.07, 6.45) is 7.53. The van der Waals surface area contributed by atoms with E-state index in [-0.39, 0.29) is 17.2 Å². The Morgan fingerprint density at radius 1 is 1.00 bits per heavy atom. The van der Waals surface area contributed by atoms with Crippen molar-refractivity contribution in [3.63, 3.8) is 0 Å². The predicted molar refractivity (Wildman–Crippen MR) is 123 cm³/mol. The first-order chi connectivity index (χ1) is 15.9. The number of rotatable bonds is 10. The fourth-order valence-electron chi connectivity index (χ4n) is 3.22. The zero-order chi connectivity index (χ0) is 23.7. The van der Waals surface area contributed by atoms with Crippen molar-refractivity contribution in [1.82, 2.24) is 10.0 Å². The molecule has 1 aliphatic heterocycles. The number of benzene rings is 2. The minimum absolute atomic E-state index is 0.0742. The van der Waals surface area contributed by atoms with Crippen molar-refractivity contribution in [1.29, 1.82) is 0 Å². The van der Waals surface area contributed by atoms with E-state index >= 15 is 0 Å². The Hall–Kier alpha value is -3.51. The van der Waals surface area contributed by atoms with Crippen LogP contribution < -0.4 is 19.5 Å². The summed E-state index contributed by atoms with van der Waals surface area (Å²) in [5, 5.41) is 2.81. The molecular formula is C24H26N2O6S. The number of nitrogens with one attached hydrogen (secondary N) is 2. The molecule has 2 aromatic rings. The van der Waals surface area contributed by atoms with E-state index in [1.807, 2.05) is 22.9 Å². The van der Waals surface area contributed by atoms with Crippen molar-refractivity contribution in [3.8, 4) is 23.8 Å². The van der Waals surface area contributed by atoms with Crippen LogP contribution in [0.15, 0.2) is 47.4 Å². The highest BCUT2D eigenvalue weighted by Gasteiger charge is 2.18. The average Bonchev–Trinajstić information content (AvgIpc) is 2.81. The highest BCUT2D eigenvalue weighted by atomic mass is 32.2. The number of fused-ring (bicyclic) bond motifs is 1. The second-order valence-electron chi connectivity index (χ2n) is 7.45. The van der Waals surface area contributed by atoms with Gasteiger partial charge in [0.25, 0.3) is 15.9 Å². The third kappa shape index (κ3) is 6.99. The van der Waals surface area contributed by atoms with E-state index < -0.39 is 15.9 Å². The van der Waals surface area contributed by atoms with Crippen LogP contribution in [-0.4, -0.2) is 40.0 Å². The van der Waals surface area contributed by atoms with E-state index in [0.717, 1.165) is 5.56 Å². The molecule has 0 aromatic heterocycles. The molecule has 0 bridgehead atoms. The van der Waals surface area contributed by atoms with Gasteiger partial charge in [-0.25, -0.2) is 13.1 Å². The molecule has 3 rings (SSSR count). The summed E-state index contributed by atoms with van der Waals surface area (Å²) in [4.78, 5) is 24.2. The first kappa shape index (κ1) is 24.1. The van der Waals surface area contributed by atoms with Crippen LogP contribution in [0.5, 0.6) is 11.5 Å². The predicted octanol–water partition coefficient (Wildman–Crippen LogP) is 2.43. The lowest BCUT2D eigenvalue weighted by molar-refractivity contribution is -0.119. The smallest absolute Gasteiger partial charge is 0.264 e. The lowest BCUT2D eigenvalue weighted by atomic mass is 10.1. The third-order valence-electron chi connectivity index (χ3n) is 4.96. The summed E-state index contributed by atoms with van der Waals surface area (Å²) in [5.41, 5.74) is 1.31. The molecule has 0 atom stereocenters. The maximum absolute atomic E-state index is 12.4. The van der Waals surface area contributed by atoms with Crippen LogP contribution in [-0.2, 0) is 21.2 Å². The first-order valence-electron chi connectivity index (χ1n) is 10.6. The molecule has 8 nitrogen and oxygen atoms in total. The van der Waals surface area contributed by atoms with Crippen LogP contribution in [0.4, 0.5) is 0 Å². The normalized spacial score (nSPS) is 12.5. The molecule has 0 fully saturated rings. The Kier molecular flexibility index (Phi) is 8.33. The van der Waals surface area contributed by atoms with Crippen LogP contribution in [0.3, 0.4) is 0 Å². The molecule has 0 spiro atoms. The van der Waals surface area contributed by atoms with Crippen molar-refractivity contribution < 1.29 is 27.5 Å². The summed E-state index contributed by atoms with van der Waals surface area (Å²) < 4.78 is 37.8. The molecular weight excluding hydrogens is 444 g/mol. The number of hydrogen-bond acceptors (Lipinski definition) is 6. The molecule has 0 aliphatic carbocycles. The van der Waals surface area contributed by atoms with Crippen molar-refractivity contribution in [2.75, 3.05) is 19.8 Å². The summed E-state index contributed by atoms with van der Waals surface area (Å²) in [7, 11) is -4.00. The average molecular weight is 471 g/mol. The number of terminal acetylenes is 1. The maximum atomic E-state index is 12.4. The van der Waals surface area contributed by atoms with E-state index in [2.05, 4.69) is 11.2 Å². The van der Waals surface area contributed by atoms with Crippen LogP contribution in [0, 0.1) is 12.3 Å². The fourth-order valence-corrected chi connectivity index (χ4v) is 4.24. The quantitative estimate of drug-likeness (QED) is 0.408. The second-order valence-corrected chi connectivity index (χ2v) is 9.13. The minimum atomic E-state index is -4.00. The molecule has 2 N–H and O–H groups in total. The van der Waals surface area contributed by atoms with Crippen molar-refractivity contribution in [3.05, 3.63) is 53.6 Å². The van der Waals surface area contributed by atoms with Gasteiger partial charge in [0.05, 0.1) is 4.90 Å². The SMILES string of the molecule is C#CCCCCC(=O)NS(=O)(=O)c1ccc(C(=O)NCCc2ccc3c(c2)OCCO3)cc1. The van der Waals surface area contributed by atoms with E-state index in [0.29, 0.717) is 62.5 Å². The van der Waals surface area contributed by atoms with Crippen LogP contribution in [0.1, 0.15) is 41.6 Å². The molecule has 2 amide bonds.